The van der Waals surface area contributed by atoms with Crippen LogP contribution in [0.5, 0.6) is 11.5 Å². The van der Waals surface area contributed by atoms with Gasteiger partial charge in [0.2, 0.25) is 11.8 Å². The van der Waals surface area contributed by atoms with Crippen molar-refractivity contribution in [1.82, 2.24) is 4.90 Å². The highest BCUT2D eigenvalue weighted by Gasteiger charge is 2.35. The Bertz CT molecular complexity index is 912. The number of nitrogens with zero attached hydrogens (tertiary/aromatic N) is 1. The second-order valence-corrected chi connectivity index (χ2v) is 9.07. The van der Waals surface area contributed by atoms with E-state index in [9.17, 15) is 9.59 Å². The van der Waals surface area contributed by atoms with Gasteiger partial charge in [-0.1, -0.05) is 17.7 Å². The number of anilines is 1. The van der Waals surface area contributed by atoms with E-state index in [2.05, 4.69) is 5.32 Å². The van der Waals surface area contributed by atoms with Gasteiger partial charge in [-0.05, 0) is 57.0 Å². The molecule has 1 aliphatic carbocycles. The molecule has 0 aliphatic heterocycles. The van der Waals surface area contributed by atoms with E-state index in [4.69, 9.17) is 9.47 Å². The maximum Gasteiger partial charge on any atom is 0.235 e. The van der Waals surface area contributed by atoms with Crippen molar-refractivity contribution >= 4 is 29.3 Å². The summed E-state index contributed by atoms with van der Waals surface area (Å²) in [7, 11) is 3.25. The quantitative estimate of drug-likeness (QED) is 0.595. The molecule has 0 bridgehead atoms. The fourth-order valence-corrected chi connectivity index (χ4v) is 4.05. The Kier molecular flexibility index (Phi) is 7.85. The average molecular weight is 443 g/mol. The molecule has 0 heterocycles. The molecule has 7 heteroatoms. The molecule has 2 aromatic carbocycles. The number of hydrogen-bond donors (Lipinski definition) is 1. The maximum atomic E-state index is 13.2. The van der Waals surface area contributed by atoms with Gasteiger partial charge in [0.25, 0.3) is 0 Å². The Morgan fingerprint density at radius 1 is 1.13 bits per heavy atom. The number of methoxy groups -OCH3 is 2. The minimum absolute atomic E-state index is 0.0421. The SMILES string of the molecule is COc1ccc(OC)c(CN(C(=O)C(C)SCC(=O)Nc2ccc(C)cc2)C2CC2)c1. The fraction of sp³-hybridized carbons (Fsp3) is 0.417. The number of amides is 2. The molecular weight excluding hydrogens is 412 g/mol. The summed E-state index contributed by atoms with van der Waals surface area (Å²) in [4.78, 5) is 27.4. The minimum Gasteiger partial charge on any atom is -0.497 e. The van der Waals surface area contributed by atoms with Gasteiger partial charge in [-0.3, -0.25) is 9.59 Å². The molecular formula is C24H30N2O4S. The second-order valence-electron chi connectivity index (χ2n) is 7.74. The van der Waals surface area contributed by atoms with E-state index in [1.165, 1.54) is 11.8 Å². The van der Waals surface area contributed by atoms with E-state index < -0.39 is 0 Å². The van der Waals surface area contributed by atoms with Crippen molar-refractivity contribution in [3.63, 3.8) is 0 Å². The minimum atomic E-state index is -0.319. The largest absolute Gasteiger partial charge is 0.497 e. The van der Waals surface area contributed by atoms with E-state index in [1.54, 1.807) is 14.2 Å². The molecule has 0 aromatic heterocycles. The van der Waals surface area contributed by atoms with E-state index in [0.717, 1.165) is 41.2 Å². The number of hydrogen-bond acceptors (Lipinski definition) is 5. The lowest BCUT2D eigenvalue weighted by molar-refractivity contribution is -0.131. The zero-order chi connectivity index (χ0) is 22.4. The monoisotopic (exact) mass is 442 g/mol. The number of carbonyl (C=O) groups is 2. The Balaban J connectivity index is 1.59. The van der Waals surface area contributed by atoms with Gasteiger partial charge < -0.3 is 19.7 Å². The molecule has 0 saturated heterocycles. The molecule has 31 heavy (non-hydrogen) atoms. The van der Waals surface area contributed by atoms with E-state index in [-0.39, 0.29) is 28.9 Å². The zero-order valence-corrected chi connectivity index (χ0v) is 19.3. The fourth-order valence-electron chi connectivity index (χ4n) is 3.30. The van der Waals surface area contributed by atoms with Crippen LogP contribution in [0.1, 0.15) is 30.9 Å². The van der Waals surface area contributed by atoms with Crippen LogP contribution >= 0.6 is 11.8 Å². The van der Waals surface area contributed by atoms with E-state index >= 15 is 0 Å². The van der Waals surface area contributed by atoms with E-state index in [0.29, 0.717) is 6.54 Å². The van der Waals surface area contributed by atoms with Crippen LogP contribution < -0.4 is 14.8 Å². The summed E-state index contributed by atoms with van der Waals surface area (Å²) in [5, 5.41) is 2.56. The molecule has 0 spiro atoms. The van der Waals surface area contributed by atoms with Gasteiger partial charge in [-0.25, -0.2) is 0 Å². The third-order valence-corrected chi connectivity index (χ3v) is 6.38. The first-order valence-corrected chi connectivity index (χ1v) is 11.5. The highest BCUT2D eigenvalue weighted by Crippen LogP contribution is 2.33. The summed E-state index contributed by atoms with van der Waals surface area (Å²) in [5.41, 5.74) is 2.82. The lowest BCUT2D eigenvalue weighted by Gasteiger charge is -2.26. The van der Waals surface area contributed by atoms with Gasteiger partial charge >= 0.3 is 0 Å². The smallest absolute Gasteiger partial charge is 0.235 e. The van der Waals surface area contributed by atoms with Crippen LogP contribution in [-0.4, -0.2) is 48.0 Å². The Labute approximate surface area is 188 Å². The summed E-state index contributed by atoms with van der Waals surface area (Å²) in [6, 6.07) is 13.5. The number of thioether (sulfide) groups is 1. The van der Waals surface area contributed by atoms with Crippen molar-refractivity contribution in [2.24, 2.45) is 0 Å². The van der Waals surface area contributed by atoms with Crippen LogP contribution in [-0.2, 0) is 16.1 Å². The van der Waals surface area contributed by atoms with Gasteiger partial charge in [0.1, 0.15) is 11.5 Å². The highest BCUT2D eigenvalue weighted by molar-refractivity contribution is 8.01. The molecule has 3 rings (SSSR count). The number of aryl methyl sites for hydroxylation is 1. The maximum absolute atomic E-state index is 13.2. The molecule has 1 saturated carbocycles. The number of rotatable bonds is 10. The first kappa shape index (κ1) is 23.0. The van der Waals surface area contributed by atoms with Crippen LogP contribution in [0.15, 0.2) is 42.5 Å². The number of ether oxygens (including phenoxy) is 2. The molecule has 2 amide bonds. The average Bonchev–Trinajstić information content (AvgIpc) is 3.62. The molecule has 1 fully saturated rings. The third-order valence-electron chi connectivity index (χ3n) is 5.25. The standard InChI is InChI=1S/C24H30N2O4S/c1-16-5-7-19(8-6-16)25-23(27)15-31-17(2)24(28)26(20-9-10-20)14-18-13-21(29-3)11-12-22(18)30-4/h5-8,11-13,17,20H,9-10,14-15H2,1-4H3,(H,25,27). The van der Waals surface area contributed by atoms with Crippen LogP contribution in [0.2, 0.25) is 0 Å². The predicted molar refractivity (Wildman–Crippen MR) is 125 cm³/mol. The van der Waals surface area contributed by atoms with Crippen molar-refractivity contribution in [1.29, 1.82) is 0 Å². The first-order chi connectivity index (χ1) is 14.9. The van der Waals surface area contributed by atoms with Crippen LogP contribution in [0.3, 0.4) is 0 Å². The molecule has 0 radical (unpaired) electrons. The summed E-state index contributed by atoms with van der Waals surface area (Å²) < 4.78 is 10.8. The van der Waals surface area contributed by atoms with Crippen molar-refractivity contribution in [3.05, 3.63) is 53.6 Å². The van der Waals surface area contributed by atoms with Crippen LogP contribution in [0, 0.1) is 6.92 Å². The Hall–Kier alpha value is -2.67. The van der Waals surface area contributed by atoms with Gasteiger partial charge in [0.15, 0.2) is 0 Å². The van der Waals surface area contributed by atoms with Gasteiger partial charge in [0.05, 0.1) is 25.2 Å². The molecule has 1 N–H and O–H groups in total. The summed E-state index contributed by atoms with van der Waals surface area (Å²) in [5.74, 6) is 1.62. The predicted octanol–water partition coefficient (Wildman–Crippen LogP) is 4.26. The molecule has 166 valence electrons. The molecule has 1 aliphatic rings. The normalized spacial score (nSPS) is 13.9. The molecule has 1 unspecified atom stereocenters. The lowest BCUT2D eigenvalue weighted by atomic mass is 10.1. The number of nitrogens with one attached hydrogen (secondary N) is 1. The van der Waals surface area contributed by atoms with E-state index in [1.807, 2.05) is 61.2 Å². The van der Waals surface area contributed by atoms with Gasteiger partial charge in [-0.2, -0.15) is 0 Å². The number of carbonyl (C=O) groups excluding carboxylic acids is 2. The second kappa shape index (κ2) is 10.6. The summed E-state index contributed by atoms with van der Waals surface area (Å²) in [6.07, 6.45) is 2.01. The molecule has 1 atom stereocenters. The Morgan fingerprint density at radius 3 is 2.45 bits per heavy atom. The van der Waals surface area contributed by atoms with Crippen LogP contribution in [0.25, 0.3) is 0 Å². The lowest BCUT2D eigenvalue weighted by Crippen LogP contribution is -2.38. The number of benzene rings is 2. The summed E-state index contributed by atoms with van der Waals surface area (Å²) >= 11 is 1.36. The Morgan fingerprint density at radius 2 is 1.84 bits per heavy atom. The van der Waals surface area contributed by atoms with Crippen molar-refractivity contribution in [2.45, 2.75) is 44.5 Å². The topological polar surface area (TPSA) is 67.9 Å². The zero-order valence-electron chi connectivity index (χ0n) is 18.5. The van der Waals surface area contributed by atoms with Gasteiger partial charge in [-0.15, -0.1) is 11.8 Å². The molecule has 2 aromatic rings. The summed E-state index contributed by atoms with van der Waals surface area (Å²) in [6.45, 7) is 4.33. The van der Waals surface area contributed by atoms with Crippen molar-refractivity contribution < 1.29 is 19.1 Å². The van der Waals surface area contributed by atoms with Crippen molar-refractivity contribution in [3.8, 4) is 11.5 Å². The third kappa shape index (κ3) is 6.40. The molecule has 6 nitrogen and oxygen atoms in total. The first-order valence-electron chi connectivity index (χ1n) is 10.4. The van der Waals surface area contributed by atoms with Crippen LogP contribution in [0.4, 0.5) is 5.69 Å². The van der Waals surface area contributed by atoms with Gasteiger partial charge in [0, 0.05) is 23.8 Å². The van der Waals surface area contributed by atoms with Crippen molar-refractivity contribution in [2.75, 3.05) is 25.3 Å². The highest BCUT2D eigenvalue weighted by atomic mass is 32.2.